The average molecular weight is 1190 g/mol. The van der Waals surface area contributed by atoms with E-state index in [4.69, 9.17) is 68.8 Å². The first-order valence-corrected chi connectivity index (χ1v) is 26.8. The number of nitrogens with zero attached hydrogens (tertiary/aromatic N) is 4. The molecule has 11 amide bonds. The Labute approximate surface area is 475 Å². The number of aliphatic imine (C=N–C) groups is 4. The number of amides is 11. The van der Waals surface area contributed by atoms with Crippen LogP contribution in [-0.2, 0) is 57.5 Å². The molecule has 38 heteroatoms. The van der Waals surface area contributed by atoms with Gasteiger partial charge in [-0.15, -0.1) is 0 Å². The molecular weight excluding hydrogens is 1100 g/mol. The molecule has 8 atom stereocenters. The molecule has 462 valence electrons. The number of hydrogen-bond donors (Lipinski definition) is 21. The van der Waals surface area contributed by atoms with Crippen LogP contribution >= 0.6 is 11.8 Å². The third kappa shape index (κ3) is 34.1. The smallest absolute Gasteiger partial charge is 0.326 e. The van der Waals surface area contributed by atoms with Crippen molar-refractivity contribution >= 4 is 107 Å². The van der Waals surface area contributed by atoms with Crippen LogP contribution in [0.5, 0.6) is 0 Å². The van der Waals surface area contributed by atoms with E-state index in [1.807, 2.05) is 0 Å². The van der Waals surface area contributed by atoms with Gasteiger partial charge in [-0.25, -0.2) is 4.79 Å². The van der Waals surface area contributed by atoms with Crippen LogP contribution < -0.4 is 111 Å². The third-order valence-electron chi connectivity index (χ3n) is 11.1. The molecule has 0 aromatic carbocycles. The van der Waals surface area contributed by atoms with Gasteiger partial charge in [0.15, 0.2) is 23.8 Å². The summed E-state index contributed by atoms with van der Waals surface area (Å²) in [6.07, 6.45) is -0.922. The van der Waals surface area contributed by atoms with Crippen molar-refractivity contribution in [3.63, 3.8) is 0 Å². The number of guanidine groups is 4. The van der Waals surface area contributed by atoms with Gasteiger partial charge in [0.1, 0.15) is 42.3 Å². The first kappa shape index (κ1) is 73.0. The van der Waals surface area contributed by atoms with Crippen molar-refractivity contribution < 1.29 is 62.6 Å². The van der Waals surface area contributed by atoms with Gasteiger partial charge in [-0.1, -0.05) is 0 Å². The van der Waals surface area contributed by atoms with Crippen molar-refractivity contribution in [2.24, 2.45) is 88.8 Å². The monoisotopic (exact) mass is 1190 g/mol. The predicted molar refractivity (Wildman–Crippen MR) is 301 cm³/mol. The van der Waals surface area contributed by atoms with E-state index < -0.39 is 152 Å². The predicted octanol–water partition coefficient (Wildman–Crippen LogP) is -11.1. The third-order valence-corrected chi connectivity index (χ3v) is 11.7. The number of carbonyl (C=O) groups is 12. The van der Waals surface area contributed by atoms with E-state index in [9.17, 15) is 62.6 Å². The van der Waals surface area contributed by atoms with Crippen LogP contribution in [0.3, 0.4) is 0 Å². The molecular formula is C44H82N24O13S. The standard InChI is InChI=1S/C44H82N24O13S/c1-82-17-12-26(39(79)65-23(7-3-14-58-42(51)52)36(76)67-27(40(80)81)9-5-16-60-44(55)56)66-38(78)25(10-11-29(46)69)62-32(72)20-61-34(74)28(19-31(48)71)68-37(77)24(8-4-15-59-43(53)54)64-35(75)22(6-2-13-57-41(49)50)63-33(73)21(45)18-30(47)70/h21-28H,2-20,45H2,1H3,(H2,46,69)(H2,47,70)(H2,48,71)(H,61,74)(H,62,72)(H,63,73)(H,64,75)(H,65,79)(H,66,78)(H,67,76)(H,68,77)(H,80,81)(H4,49,50,57)(H4,51,52,58)(H4,53,54,59)(H4,55,56,60)/t21-,22-,23-,24-,25-,26-,27-,28-/m0/s1. The van der Waals surface area contributed by atoms with Gasteiger partial charge in [-0.3, -0.25) is 72.7 Å². The summed E-state index contributed by atoms with van der Waals surface area (Å²) in [5.41, 5.74) is 64.8. The normalized spacial score (nSPS) is 13.5. The molecule has 0 heterocycles. The molecule has 82 heavy (non-hydrogen) atoms. The lowest BCUT2D eigenvalue weighted by atomic mass is 10.1. The van der Waals surface area contributed by atoms with Crippen LogP contribution in [0.25, 0.3) is 0 Å². The summed E-state index contributed by atoms with van der Waals surface area (Å²) in [4.78, 5) is 172. The van der Waals surface area contributed by atoms with E-state index in [0.717, 1.165) is 0 Å². The Hall–Kier alpha value is -8.97. The zero-order chi connectivity index (χ0) is 62.5. The van der Waals surface area contributed by atoms with Crippen molar-refractivity contribution in [1.82, 2.24) is 42.5 Å². The number of aliphatic carboxylic acids is 1. The molecule has 0 aliphatic carbocycles. The second-order valence-corrected chi connectivity index (χ2v) is 19.1. The highest BCUT2D eigenvalue weighted by Crippen LogP contribution is 2.10. The molecule has 0 saturated heterocycles. The summed E-state index contributed by atoms with van der Waals surface area (Å²) in [6.45, 7) is -0.940. The molecule has 0 aliphatic heterocycles. The SMILES string of the molecule is CSCC[C@H](NC(=O)[C@H](CCC(N)=O)NC(=O)CNC(=O)[C@H](CC(N)=O)NC(=O)[C@H](CCCN=C(N)N)NC(=O)[C@H](CCCN=C(N)N)NC(=O)[C@@H](N)CC(N)=O)C(=O)N[C@@H](CCCN=C(N)N)C(=O)N[C@@H](CCCN=C(N)N)C(=O)O. The van der Waals surface area contributed by atoms with Gasteiger partial charge in [0.05, 0.1) is 25.4 Å². The fourth-order valence-electron chi connectivity index (χ4n) is 7.03. The molecule has 0 aromatic heterocycles. The summed E-state index contributed by atoms with van der Waals surface area (Å²) in [5.74, 6) is -13.2. The van der Waals surface area contributed by atoms with Gasteiger partial charge in [0.2, 0.25) is 65.0 Å². The van der Waals surface area contributed by atoms with Crippen molar-refractivity contribution in [1.29, 1.82) is 0 Å². The summed E-state index contributed by atoms with van der Waals surface area (Å²) >= 11 is 1.28. The molecule has 33 N–H and O–H groups in total. The molecule has 0 bridgehead atoms. The highest BCUT2D eigenvalue weighted by atomic mass is 32.2. The number of nitrogens with two attached hydrogens (primary N) is 12. The molecule has 0 radical (unpaired) electrons. The maximum atomic E-state index is 13.9. The maximum Gasteiger partial charge on any atom is 0.326 e. The topological polar surface area (TPSA) is 683 Å². The van der Waals surface area contributed by atoms with E-state index in [1.54, 1.807) is 6.26 Å². The van der Waals surface area contributed by atoms with Crippen LogP contribution in [0.1, 0.15) is 83.5 Å². The van der Waals surface area contributed by atoms with Crippen LogP contribution in [0, 0.1) is 0 Å². The summed E-state index contributed by atoms with van der Waals surface area (Å²) in [6, 6.07) is -12.1. The van der Waals surface area contributed by atoms with Crippen LogP contribution in [0.4, 0.5) is 0 Å². The zero-order valence-corrected chi connectivity index (χ0v) is 46.3. The molecule has 37 nitrogen and oxygen atoms in total. The Morgan fingerprint density at radius 3 is 1.07 bits per heavy atom. The van der Waals surface area contributed by atoms with E-state index in [1.165, 1.54) is 11.8 Å². The fourth-order valence-corrected chi connectivity index (χ4v) is 7.51. The zero-order valence-electron chi connectivity index (χ0n) is 45.5. The fraction of sp³-hybridized carbons (Fsp3) is 0.636. The minimum atomic E-state index is -1.81. The second-order valence-electron chi connectivity index (χ2n) is 18.1. The van der Waals surface area contributed by atoms with Crippen molar-refractivity contribution in [3.8, 4) is 0 Å². The molecule has 0 fully saturated rings. The molecule has 0 spiro atoms. The Kier molecular flexibility index (Phi) is 35.8. The van der Waals surface area contributed by atoms with Gasteiger partial charge in [0.25, 0.3) is 0 Å². The number of carboxylic acids is 1. The highest BCUT2D eigenvalue weighted by molar-refractivity contribution is 7.98. The maximum absolute atomic E-state index is 13.9. The number of hydrogen-bond acceptors (Lipinski definition) is 18. The van der Waals surface area contributed by atoms with Gasteiger partial charge in [-0.2, -0.15) is 11.8 Å². The molecule has 0 aromatic rings. The Bertz CT molecular complexity index is 2310. The lowest BCUT2D eigenvalue weighted by Gasteiger charge is -2.26. The van der Waals surface area contributed by atoms with Crippen molar-refractivity contribution in [3.05, 3.63) is 0 Å². The first-order valence-electron chi connectivity index (χ1n) is 25.4. The number of thioether (sulfide) groups is 1. The Balaban J connectivity index is 6.61. The van der Waals surface area contributed by atoms with Crippen LogP contribution in [-0.4, -0.2) is 193 Å². The Morgan fingerprint density at radius 2 is 0.732 bits per heavy atom. The lowest BCUT2D eigenvalue weighted by Crippen LogP contribution is -2.59. The summed E-state index contributed by atoms with van der Waals surface area (Å²) in [5, 5.41) is 28.9. The van der Waals surface area contributed by atoms with E-state index in [-0.39, 0.29) is 114 Å². The number of rotatable bonds is 43. The Morgan fingerprint density at radius 1 is 0.402 bits per heavy atom. The number of nitrogens with one attached hydrogen (secondary N) is 8. The second kappa shape index (κ2) is 40.2. The highest BCUT2D eigenvalue weighted by Gasteiger charge is 2.34. The molecule has 0 saturated carbocycles. The number of carboxylic acid groups (broad SMARTS) is 1. The van der Waals surface area contributed by atoms with Crippen molar-refractivity contribution in [2.75, 3.05) is 44.7 Å². The van der Waals surface area contributed by atoms with Crippen LogP contribution in [0.2, 0.25) is 0 Å². The van der Waals surface area contributed by atoms with Gasteiger partial charge < -0.3 is 116 Å². The van der Waals surface area contributed by atoms with E-state index in [2.05, 4.69) is 62.5 Å². The number of carbonyl (C=O) groups excluding carboxylic acids is 11. The molecule has 0 aliphatic rings. The summed E-state index contributed by atoms with van der Waals surface area (Å²) in [7, 11) is 0. The van der Waals surface area contributed by atoms with Gasteiger partial charge >= 0.3 is 5.97 Å². The minimum absolute atomic E-state index is 0.000817. The molecule has 0 rings (SSSR count). The first-order chi connectivity index (χ1) is 38.5. The van der Waals surface area contributed by atoms with Gasteiger partial charge in [0, 0.05) is 32.6 Å². The minimum Gasteiger partial charge on any atom is -0.480 e. The van der Waals surface area contributed by atoms with E-state index >= 15 is 0 Å². The van der Waals surface area contributed by atoms with E-state index in [0.29, 0.717) is 0 Å². The lowest BCUT2D eigenvalue weighted by molar-refractivity contribution is -0.142. The van der Waals surface area contributed by atoms with Gasteiger partial charge in [-0.05, 0) is 76.2 Å². The quantitative estimate of drug-likeness (QED) is 0.0153. The van der Waals surface area contributed by atoms with Crippen LogP contribution in [0.15, 0.2) is 20.0 Å². The molecule has 0 unspecified atom stereocenters. The average Bonchev–Trinajstić information content (AvgIpc) is 3.37. The number of primary amides is 3. The van der Waals surface area contributed by atoms with Crippen molar-refractivity contribution in [2.45, 2.75) is 132 Å². The summed E-state index contributed by atoms with van der Waals surface area (Å²) < 4.78 is 0. The largest absolute Gasteiger partial charge is 0.480 e.